The Hall–Kier alpha value is 1.04. The van der Waals surface area contributed by atoms with Crippen molar-refractivity contribution in [1.82, 2.24) is 0 Å². The van der Waals surface area contributed by atoms with Gasteiger partial charge in [0.2, 0.25) is 0 Å². The zero-order valence-corrected chi connectivity index (χ0v) is 8.04. The van der Waals surface area contributed by atoms with Gasteiger partial charge in [0.25, 0.3) is 0 Å². The smallest absolute Gasteiger partial charge is 0.0660 e. The van der Waals surface area contributed by atoms with Gasteiger partial charge in [-0.05, 0) is 12.2 Å². The normalized spacial score (nSPS) is 13.9. The molecule has 0 aromatic heterocycles. The summed E-state index contributed by atoms with van der Waals surface area (Å²) >= 11 is 4.17. The number of rotatable bonds is 4. The molecule has 0 spiro atoms. The first-order valence-corrected chi connectivity index (χ1v) is 5.14. The fourth-order valence-corrected chi connectivity index (χ4v) is 1.78. The van der Waals surface area contributed by atoms with E-state index in [1.54, 1.807) is 0 Å². The molecule has 50 valence electrons. The Kier molecular flexibility index (Phi) is 6.97. The van der Waals surface area contributed by atoms with Crippen molar-refractivity contribution >= 4 is 34.4 Å². The molecule has 0 saturated carbocycles. The molecule has 0 aliphatic heterocycles. The van der Waals surface area contributed by atoms with Crippen LogP contribution in [0.25, 0.3) is 0 Å². The molecule has 0 aliphatic carbocycles. The first kappa shape index (κ1) is 9.04. The summed E-state index contributed by atoms with van der Waals surface area (Å²) < 4.78 is 0.337. The van der Waals surface area contributed by atoms with Crippen molar-refractivity contribution in [3.05, 3.63) is 0 Å². The van der Waals surface area contributed by atoms with Crippen molar-refractivity contribution in [3.63, 3.8) is 0 Å². The largest absolute Gasteiger partial charge is 0.319 e. The highest BCUT2D eigenvalue weighted by atomic mass is 127. The van der Waals surface area contributed by atoms with Gasteiger partial charge in [-0.1, -0.05) is 29.5 Å². The molecule has 0 aromatic carbocycles. The summed E-state index contributed by atoms with van der Waals surface area (Å²) in [5, 5.41) is 0. The minimum atomic E-state index is 0.337. The van der Waals surface area contributed by atoms with Crippen molar-refractivity contribution in [2.45, 2.75) is 17.4 Å². The number of thioether (sulfide) groups is 1. The second-order valence-electron chi connectivity index (χ2n) is 1.59. The molecule has 3 heteroatoms. The van der Waals surface area contributed by atoms with Crippen molar-refractivity contribution in [2.75, 3.05) is 11.5 Å². The van der Waals surface area contributed by atoms with Gasteiger partial charge in [0, 0.05) is 5.75 Å². The van der Waals surface area contributed by atoms with Crippen LogP contribution in [0.15, 0.2) is 0 Å². The lowest BCUT2D eigenvalue weighted by atomic mass is 10.6. The number of hydrogen-bond donors (Lipinski definition) is 1. The van der Waals surface area contributed by atoms with E-state index in [1.807, 2.05) is 11.8 Å². The first-order valence-electron chi connectivity index (χ1n) is 2.74. The van der Waals surface area contributed by atoms with Crippen molar-refractivity contribution in [1.29, 1.82) is 0 Å². The maximum atomic E-state index is 5.50. The van der Waals surface area contributed by atoms with Gasteiger partial charge in [-0.3, -0.25) is 0 Å². The summed E-state index contributed by atoms with van der Waals surface area (Å²) in [7, 11) is 0. The lowest BCUT2D eigenvalue weighted by Gasteiger charge is -1.99. The van der Waals surface area contributed by atoms with E-state index in [0.717, 1.165) is 5.75 Å². The van der Waals surface area contributed by atoms with Crippen LogP contribution >= 0.6 is 34.4 Å². The Bertz CT molecular complexity index is 49.7. The van der Waals surface area contributed by atoms with E-state index < -0.39 is 0 Å². The van der Waals surface area contributed by atoms with Crippen LogP contribution in [0.1, 0.15) is 13.3 Å². The summed E-state index contributed by atoms with van der Waals surface area (Å²) in [4.78, 5) is 0. The lowest BCUT2D eigenvalue weighted by Crippen LogP contribution is -2.13. The average Bonchev–Trinajstić information content (AvgIpc) is 1.66. The fraction of sp³-hybridized carbons (Fsp3) is 1.00. The van der Waals surface area contributed by atoms with Gasteiger partial charge in [-0.15, -0.1) is 0 Å². The Labute approximate surface area is 68.9 Å². The highest BCUT2D eigenvalue weighted by Gasteiger charge is 1.92. The highest BCUT2D eigenvalue weighted by Crippen LogP contribution is 2.06. The quantitative estimate of drug-likeness (QED) is 0.354. The van der Waals surface area contributed by atoms with Crippen LogP contribution in [0.4, 0.5) is 0 Å². The number of halogens is 1. The zero-order chi connectivity index (χ0) is 6.41. The van der Waals surface area contributed by atoms with E-state index in [0.29, 0.717) is 4.05 Å². The number of nitrogens with two attached hydrogens (primary N) is 1. The maximum absolute atomic E-state index is 5.50. The van der Waals surface area contributed by atoms with Gasteiger partial charge in [-0.2, -0.15) is 11.8 Å². The molecule has 0 aliphatic rings. The molecule has 0 saturated heterocycles. The van der Waals surface area contributed by atoms with Crippen LogP contribution < -0.4 is 5.73 Å². The van der Waals surface area contributed by atoms with Gasteiger partial charge in [0.15, 0.2) is 0 Å². The molecule has 0 aromatic rings. The monoisotopic (exact) mass is 245 g/mol. The molecule has 1 atom stereocenters. The molecule has 0 rings (SSSR count). The van der Waals surface area contributed by atoms with E-state index in [1.165, 1.54) is 12.2 Å². The summed E-state index contributed by atoms with van der Waals surface area (Å²) in [6.45, 7) is 2.19. The third-order valence-electron chi connectivity index (χ3n) is 0.626. The first-order chi connectivity index (χ1) is 3.77. The number of hydrogen-bond acceptors (Lipinski definition) is 2. The van der Waals surface area contributed by atoms with Crippen molar-refractivity contribution in [2.24, 2.45) is 5.73 Å². The summed E-state index contributed by atoms with van der Waals surface area (Å²) in [5.74, 6) is 2.34. The lowest BCUT2D eigenvalue weighted by molar-refractivity contribution is 1.08. The second kappa shape index (κ2) is 6.16. The van der Waals surface area contributed by atoms with E-state index >= 15 is 0 Å². The van der Waals surface area contributed by atoms with Crippen LogP contribution in [0.2, 0.25) is 0 Å². The number of alkyl halides is 1. The van der Waals surface area contributed by atoms with Crippen molar-refractivity contribution in [3.8, 4) is 0 Å². The molecular formula is C5H12INS. The summed E-state index contributed by atoms with van der Waals surface area (Å²) in [6, 6.07) is 0. The molecule has 1 unspecified atom stereocenters. The minimum Gasteiger partial charge on any atom is -0.319 e. The van der Waals surface area contributed by atoms with Gasteiger partial charge in [0.05, 0.1) is 4.05 Å². The van der Waals surface area contributed by atoms with Crippen molar-refractivity contribution < 1.29 is 0 Å². The Morgan fingerprint density at radius 3 is 2.75 bits per heavy atom. The third kappa shape index (κ3) is 7.04. The molecule has 0 heterocycles. The molecule has 0 radical (unpaired) electrons. The predicted molar refractivity (Wildman–Crippen MR) is 49.6 cm³/mol. The van der Waals surface area contributed by atoms with E-state index in [9.17, 15) is 0 Å². The molecule has 0 bridgehead atoms. The van der Waals surface area contributed by atoms with Crippen LogP contribution in [0, 0.1) is 0 Å². The van der Waals surface area contributed by atoms with E-state index in [-0.39, 0.29) is 0 Å². The van der Waals surface area contributed by atoms with Gasteiger partial charge >= 0.3 is 0 Å². The zero-order valence-electron chi connectivity index (χ0n) is 5.06. The molecular weight excluding hydrogens is 233 g/mol. The summed E-state index contributed by atoms with van der Waals surface area (Å²) in [6.07, 6.45) is 1.26. The molecule has 8 heavy (non-hydrogen) atoms. The Balaban J connectivity index is 2.72. The predicted octanol–water partition coefficient (Wildman–Crippen LogP) is 1.85. The maximum Gasteiger partial charge on any atom is 0.0660 e. The van der Waals surface area contributed by atoms with E-state index in [2.05, 4.69) is 29.5 Å². The average molecular weight is 245 g/mol. The second-order valence-corrected chi connectivity index (χ2v) is 4.34. The Morgan fingerprint density at radius 2 is 2.38 bits per heavy atom. The van der Waals surface area contributed by atoms with E-state index in [4.69, 9.17) is 5.73 Å². The van der Waals surface area contributed by atoms with Gasteiger partial charge in [0.1, 0.15) is 0 Å². The third-order valence-corrected chi connectivity index (χ3v) is 2.96. The molecule has 1 nitrogen and oxygen atoms in total. The minimum absolute atomic E-state index is 0.337. The standard InChI is InChI=1S/C5H12INS/c1-2-3-8-4-5(6)7/h5H,2-4,7H2,1H3. The van der Waals surface area contributed by atoms with Crippen LogP contribution in [-0.4, -0.2) is 15.6 Å². The molecule has 2 N–H and O–H groups in total. The highest BCUT2D eigenvalue weighted by molar-refractivity contribution is 14.1. The van der Waals surface area contributed by atoms with Crippen LogP contribution in [0.3, 0.4) is 0 Å². The summed E-state index contributed by atoms with van der Waals surface area (Å²) in [5.41, 5.74) is 5.50. The topological polar surface area (TPSA) is 26.0 Å². The molecule has 0 fully saturated rings. The molecule has 0 amide bonds. The Morgan fingerprint density at radius 1 is 1.75 bits per heavy atom. The SMILES string of the molecule is CCCSCC(N)I. The van der Waals surface area contributed by atoms with Crippen LogP contribution in [-0.2, 0) is 0 Å². The fourth-order valence-electron chi connectivity index (χ4n) is 0.340. The van der Waals surface area contributed by atoms with Gasteiger partial charge in [-0.25, -0.2) is 0 Å². The van der Waals surface area contributed by atoms with Gasteiger partial charge < -0.3 is 5.73 Å². The van der Waals surface area contributed by atoms with Crippen LogP contribution in [0.5, 0.6) is 0 Å².